The molecule has 0 saturated heterocycles. The highest BCUT2D eigenvalue weighted by molar-refractivity contribution is 6.01. The van der Waals surface area contributed by atoms with E-state index in [-0.39, 0.29) is 11.9 Å². The van der Waals surface area contributed by atoms with Gasteiger partial charge in [0.2, 0.25) is 0 Å². The summed E-state index contributed by atoms with van der Waals surface area (Å²) in [5.41, 5.74) is 7.30. The van der Waals surface area contributed by atoms with Gasteiger partial charge in [0.25, 0.3) is 11.8 Å². The van der Waals surface area contributed by atoms with Crippen LogP contribution >= 0.6 is 0 Å². The van der Waals surface area contributed by atoms with Crippen LogP contribution in [0.25, 0.3) is 5.52 Å². The number of aromatic nitrogens is 2. The number of carbonyl (C=O) groups excluding carboxylic acids is 1. The summed E-state index contributed by atoms with van der Waals surface area (Å²) in [6.07, 6.45) is 4.58. The molecular weight excluding hydrogens is 290 g/mol. The van der Waals surface area contributed by atoms with Crippen molar-refractivity contribution in [2.45, 2.75) is 31.2 Å². The van der Waals surface area contributed by atoms with E-state index in [0.29, 0.717) is 36.0 Å². The number of nitrogens with zero attached hydrogens (tertiary/aromatic N) is 2. The van der Waals surface area contributed by atoms with Crippen molar-refractivity contribution in [1.82, 2.24) is 14.9 Å². The molecule has 2 aromatic rings. The molecule has 4 rings (SSSR count). The van der Waals surface area contributed by atoms with Crippen molar-refractivity contribution in [1.29, 1.82) is 0 Å². The van der Waals surface area contributed by atoms with Crippen molar-refractivity contribution in [2.75, 3.05) is 5.73 Å². The highest BCUT2D eigenvalue weighted by Gasteiger charge is 2.68. The summed E-state index contributed by atoms with van der Waals surface area (Å²) < 4.78 is 28.4. The molecule has 2 fully saturated rings. The number of hydrogen-bond acceptors (Lipinski definition) is 3. The largest absolute Gasteiger partial charge is 0.399 e. The SMILES string of the molecule is Nc1ccn2ncc(C(=O)NC3CCC4C(C3)C4(F)F)c2c1. The Bertz CT molecular complexity index is 757. The second-order valence-electron chi connectivity index (χ2n) is 6.22. The summed E-state index contributed by atoms with van der Waals surface area (Å²) in [4.78, 5) is 12.4. The van der Waals surface area contributed by atoms with E-state index in [1.165, 1.54) is 6.20 Å². The molecule has 0 aromatic carbocycles. The van der Waals surface area contributed by atoms with Gasteiger partial charge in [-0.2, -0.15) is 5.10 Å². The van der Waals surface area contributed by atoms with Gasteiger partial charge in [-0.1, -0.05) is 0 Å². The number of carbonyl (C=O) groups is 1. The standard InChI is InChI=1S/C15H16F2N4O/c16-15(17)11-2-1-9(6-12(11)15)20-14(22)10-7-19-21-4-3-8(18)5-13(10)21/h3-5,7,9,11-12H,1-2,6,18H2,(H,20,22). The fourth-order valence-electron chi connectivity index (χ4n) is 3.55. The Morgan fingerprint density at radius 1 is 1.41 bits per heavy atom. The zero-order valence-electron chi connectivity index (χ0n) is 11.8. The first-order valence-corrected chi connectivity index (χ1v) is 7.38. The average molecular weight is 306 g/mol. The van der Waals surface area contributed by atoms with Crippen molar-refractivity contribution in [3.63, 3.8) is 0 Å². The molecule has 1 amide bonds. The van der Waals surface area contributed by atoms with Gasteiger partial charge < -0.3 is 11.1 Å². The highest BCUT2D eigenvalue weighted by atomic mass is 19.3. The fraction of sp³-hybridized carbons (Fsp3) is 0.467. The third kappa shape index (κ3) is 1.95. The maximum atomic E-state index is 13.4. The van der Waals surface area contributed by atoms with Gasteiger partial charge in [0.15, 0.2) is 0 Å². The molecule has 22 heavy (non-hydrogen) atoms. The van der Waals surface area contributed by atoms with Gasteiger partial charge in [0.1, 0.15) is 0 Å². The lowest BCUT2D eigenvalue weighted by Crippen LogP contribution is -2.36. The monoisotopic (exact) mass is 306 g/mol. The van der Waals surface area contributed by atoms with Crippen molar-refractivity contribution in [3.05, 3.63) is 30.1 Å². The number of nitrogen functional groups attached to an aromatic ring is 1. The Morgan fingerprint density at radius 3 is 3.00 bits per heavy atom. The fourth-order valence-corrected chi connectivity index (χ4v) is 3.55. The lowest BCUT2D eigenvalue weighted by atomic mass is 9.95. The Labute approximate surface area is 125 Å². The first-order valence-electron chi connectivity index (χ1n) is 7.38. The Balaban J connectivity index is 1.51. The van der Waals surface area contributed by atoms with Gasteiger partial charge in [-0.15, -0.1) is 0 Å². The molecule has 2 aliphatic carbocycles. The first kappa shape index (κ1) is 13.5. The summed E-state index contributed by atoms with van der Waals surface area (Å²) in [7, 11) is 0. The predicted octanol–water partition coefficient (Wildman–Crippen LogP) is 2.08. The van der Waals surface area contributed by atoms with Gasteiger partial charge in [-0.05, 0) is 31.4 Å². The number of amides is 1. The van der Waals surface area contributed by atoms with Crippen molar-refractivity contribution in [3.8, 4) is 0 Å². The molecule has 0 bridgehead atoms. The van der Waals surface area contributed by atoms with Crippen molar-refractivity contribution >= 4 is 17.1 Å². The number of halogens is 2. The van der Waals surface area contributed by atoms with Gasteiger partial charge in [-0.3, -0.25) is 4.79 Å². The summed E-state index contributed by atoms with van der Waals surface area (Å²) in [6.45, 7) is 0. The zero-order chi connectivity index (χ0) is 15.5. The maximum absolute atomic E-state index is 13.4. The minimum absolute atomic E-state index is 0.196. The van der Waals surface area contributed by atoms with Crippen LogP contribution in [0.4, 0.5) is 14.5 Å². The predicted molar refractivity (Wildman–Crippen MR) is 76.6 cm³/mol. The van der Waals surface area contributed by atoms with Gasteiger partial charge in [0.05, 0.1) is 17.3 Å². The quantitative estimate of drug-likeness (QED) is 0.892. The van der Waals surface area contributed by atoms with E-state index < -0.39 is 17.8 Å². The molecule has 2 saturated carbocycles. The van der Waals surface area contributed by atoms with Crippen LogP contribution in [-0.4, -0.2) is 27.5 Å². The number of fused-ring (bicyclic) bond motifs is 2. The van der Waals surface area contributed by atoms with E-state index in [1.54, 1.807) is 22.8 Å². The Morgan fingerprint density at radius 2 is 2.23 bits per heavy atom. The molecule has 2 aliphatic rings. The summed E-state index contributed by atoms with van der Waals surface area (Å²) in [5.74, 6) is -3.85. The summed E-state index contributed by atoms with van der Waals surface area (Å²) in [5, 5.41) is 6.96. The van der Waals surface area contributed by atoms with E-state index in [0.717, 1.165) is 0 Å². The van der Waals surface area contributed by atoms with Gasteiger partial charge >= 0.3 is 0 Å². The molecule has 0 radical (unpaired) electrons. The molecule has 0 aliphatic heterocycles. The Hall–Kier alpha value is -2.18. The van der Waals surface area contributed by atoms with Crippen LogP contribution in [0.5, 0.6) is 0 Å². The van der Waals surface area contributed by atoms with E-state index in [4.69, 9.17) is 5.73 Å². The van der Waals surface area contributed by atoms with Crippen molar-refractivity contribution in [2.24, 2.45) is 11.8 Å². The number of hydrogen-bond donors (Lipinski definition) is 2. The Kier molecular flexibility index (Phi) is 2.70. The minimum Gasteiger partial charge on any atom is -0.399 e. The lowest BCUT2D eigenvalue weighted by Gasteiger charge is -2.21. The first-order chi connectivity index (χ1) is 10.5. The number of nitrogens with one attached hydrogen (secondary N) is 1. The van der Waals surface area contributed by atoms with E-state index in [9.17, 15) is 13.6 Å². The van der Waals surface area contributed by atoms with Crippen LogP contribution in [0.3, 0.4) is 0 Å². The molecule has 0 spiro atoms. The van der Waals surface area contributed by atoms with Crippen LogP contribution < -0.4 is 11.1 Å². The third-order valence-corrected chi connectivity index (χ3v) is 4.86. The van der Waals surface area contributed by atoms with E-state index in [2.05, 4.69) is 10.4 Å². The second-order valence-corrected chi connectivity index (χ2v) is 6.22. The number of nitrogens with two attached hydrogens (primary N) is 1. The number of rotatable bonds is 2. The van der Waals surface area contributed by atoms with Crippen molar-refractivity contribution < 1.29 is 13.6 Å². The third-order valence-electron chi connectivity index (χ3n) is 4.86. The molecule has 3 atom stereocenters. The number of pyridine rings is 1. The van der Waals surface area contributed by atoms with E-state index in [1.807, 2.05) is 0 Å². The normalized spacial score (nSPS) is 29.1. The van der Waals surface area contributed by atoms with Crippen LogP contribution in [-0.2, 0) is 0 Å². The molecule has 7 heteroatoms. The maximum Gasteiger partial charge on any atom is 0.255 e. The molecule has 3 N–H and O–H groups in total. The summed E-state index contributed by atoms with van der Waals surface area (Å²) in [6, 6.07) is 3.17. The van der Waals surface area contributed by atoms with E-state index >= 15 is 0 Å². The molecule has 116 valence electrons. The molecule has 5 nitrogen and oxygen atoms in total. The molecule has 2 heterocycles. The topological polar surface area (TPSA) is 72.4 Å². The van der Waals surface area contributed by atoms with Crippen LogP contribution in [0, 0.1) is 11.8 Å². The zero-order valence-corrected chi connectivity index (χ0v) is 11.8. The van der Waals surface area contributed by atoms with Crippen LogP contribution in [0.15, 0.2) is 24.5 Å². The van der Waals surface area contributed by atoms with Crippen LogP contribution in [0.1, 0.15) is 29.6 Å². The summed E-state index contributed by atoms with van der Waals surface area (Å²) >= 11 is 0. The molecular formula is C15H16F2N4O. The van der Waals surface area contributed by atoms with Crippen LogP contribution in [0.2, 0.25) is 0 Å². The average Bonchev–Trinajstić information content (AvgIpc) is 2.83. The van der Waals surface area contributed by atoms with Gasteiger partial charge in [-0.25, -0.2) is 13.3 Å². The van der Waals surface area contributed by atoms with Gasteiger partial charge in [0, 0.05) is 29.8 Å². The number of alkyl halides is 2. The molecule has 3 unspecified atom stereocenters. The second kappa shape index (κ2) is 4.41. The smallest absolute Gasteiger partial charge is 0.255 e. The number of anilines is 1. The lowest BCUT2D eigenvalue weighted by molar-refractivity contribution is 0.0834. The molecule has 2 aromatic heterocycles. The highest BCUT2D eigenvalue weighted by Crippen LogP contribution is 2.62. The minimum atomic E-state index is -2.53.